The Labute approximate surface area is 170 Å². The number of benzene rings is 2. The van der Waals surface area contributed by atoms with E-state index in [1.807, 2.05) is 31.2 Å². The number of hydroxylamine groups is 1. The van der Waals surface area contributed by atoms with Crippen molar-refractivity contribution in [3.63, 3.8) is 0 Å². The molecule has 8 nitrogen and oxygen atoms in total. The largest absolute Gasteiger partial charge is 0.486 e. The summed E-state index contributed by atoms with van der Waals surface area (Å²) in [5.41, 5.74) is 0.273. The lowest BCUT2D eigenvalue weighted by Gasteiger charge is -2.31. The quantitative estimate of drug-likeness (QED) is 0.638. The topological polar surface area (TPSA) is 85.4 Å². The molecule has 0 fully saturated rings. The Bertz CT molecular complexity index is 978. The minimum atomic E-state index is -3.84. The molecular weight excluding hydrogens is 396 g/mol. The van der Waals surface area contributed by atoms with E-state index in [4.69, 9.17) is 14.3 Å². The van der Waals surface area contributed by atoms with Gasteiger partial charge < -0.3 is 14.4 Å². The zero-order valence-corrected chi connectivity index (χ0v) is 17.4. The monoisotopic (exact) mass is 420 g/mol. The molecule has 1 atom stereocenters. The van der Waals surface area contributed by atoms with Crippen molar-refractivity contribution in [2.45, 2.75) is 17.9 Å². The number of nitrogens with zero attached hydrogens (tertiary/aromatic N) is 2. The number of sulfonamides is 1. The molecule has 0 spiro atoms. The fourth-order valence-electron chi connectivity index (χ4n) is 2.97. The van der Waals surface area contributed by atoms with E-state index in [1.54, 1.807) is 11.0 Å². The second-order valence-electron chi connectivity index (χ2n) is 6.47. The van der Waals surface area contributed by atoms with Crippen molar-refractivity contribution < 1.29 is 27.5 Å². The third-order valence-electron chi connectivity index (χ3n) is 4.63. The molecule has 1 aliphatic rings. The minimum absolute atomic E-state index is 0.0186. The van der Waals surface area contributed by atoms with Crippen molar-refractivity contribution in [3.8, 4) is 11.5 Å². The van der Waals surface area contributed by atoms with E-state index in [2.05, 4.69) is 0 Å². The van der Waals surface area contributed by atoms with Crippen molar-refractivity contribution in [1.82, 2.24) is 9.37 Å². The Morgan fingerprint density at radius 3 is 2.59 bits per heavy atom. The summed E-state index contributed by atoms with van der Waals surface area (Å²) in [6.45, 7) is 2.94. The first-order chi connectivity index (χ1) is 13.9. The van der Waals surface area contributed by atoms with E-state index >= 15 is 0 Å². The molecule has 2 aromatic carbocycles. The van der Waals surface area contributed by atoms with Crippen LogP contribution in [0.25, 0.3) is 0 Å². The van der Waals surface area contributed by atoms with Crippen molar-refractivity contribution in [1.29, 1.82) is 0 Å². The predicted molar refractivity (Wildman–Crippen MR) is 106 cm³/mol. The zero-order valence-electron chi connectivity index (χ0n) is 16.6. The number of rotatable bonds is 7. The van der Waals surface area contributed by atoms with Crippen LogP contribution in [0.4, 0.5) is 0 Å². The van der Waals surface area contributed by atoms with Gasteiger partial charge in [0.2, 0.25) is 0 Å². The lowest BCUT2D eigenvalue weighted by molar-refractivity contribution is -0.0258. The maximum absolute atomic E-state index is 13.0. The van der Waals surface area contributed by atoms with E-state index in [0.717, 1.165) is 4.47 Å². The number of likely N-dealkylation sites (N-methyl/N-ethyl adjacent to an activating group) is 1. The van der Waals surface area contributed by atoms with Crippen LogP contribution in [-0.4, -0.2) is 63.7 Å². The Hall–Kier alpha value is -2.62. The molecule has 3 rings (SSSR count). The number of carbonyl (C=O) groups excluding carboxylic acids is 1. The molecule has 1 amide bonds. The van der Waals surface area contributed by atoms with Crippen molar-refractivity contribution in [3.05, 3.63) is 54.1 Å². The van der Waals surface area contributed by atoms with Gasteiger partial charge in [0.15, 0.2) is 17.6 Å². The summed E-state index contributed by atoms with van der Waals surface area (Å²) in [7, 11) is -1.29. The third-order valence-corrected chi connectivity index (χ3v) is 6.31. The van der Waals surface area contributed by atoms with Crippen molar-refractivity contribution in [2.75, 3.05) is 33.9 Å². The molecule has 29 heavy (non-hydrogen) atoms. The molecule has 0 radical (unpaired) electrons. The SMILES string of the molecule is CCN(CC1COc2ccccc2O1)C(=O)c1cccc(S(=O)(=O)N(C)OC)c1. The first kappa shape index (κ1) is 21.1. The molecule has 1 aliphatic heterocycles. The molecular formula is C20H24N2O6S. The molecule has 156 valence electrons. The zero-order chi connectivity index (χ0) is 21.0. The van der Waals surface area contributed by atoms with Crippen molar-refractivity contribution in [2.24, 2.45) is 0 Å². The van der Waals surface area contributed by atoms with Gasteiger partial charge in [0.05, 0.1) is 18.6 Å². The summed E-state index contributed by atoms with van der Waals surface area (Å²) >= 11 is 0. The van der Waals surface area contributed by atoms with E-state index in [-0.39, 0.29) is 22.5 Å². The number of hydrogen-bond donors (Lipinski definition) is 0. The minimum Gasteiger partial charge on any atom is -0.486 e. The first-order valence-corrected chi connectivity index (χ1v) is 10.6. The van der Waals surface area contributed by atoms with Crippen LogP contribution >= 0.6 is 0 Å². The standard InChI is InChI=1S/C20H24N2O6S/c1-4-22(13-16-14-27-18-10-5-6-11-19(18)28-16)20(23)15-8-7-9-17(12-15)29(24,25)21(2)26-3/h5-12,16H,4,13-14H2,1-3H3. The highest BCUT2D eigenvalue weighted by Gasteiger charge is 2.27. The lowest BCUT2D eigenvalue weighted by atomic mass is 10.2. The molecule has 1 heterocycles. The molecule has 0 saturated heterocycles. The molecule has 1 unspecified atom stereocenters. The second-order valence-corrected chi connectivity index (χ2v) is 8.40. The van der Waals surface area contributed by atoms with E-state index in [0.29, 0.717) is 31.2 Å². The van der Waals surface area contributed by atoms with Crippen LogP contribution in [0.1, 0.15) is 17.3 Å². The molecule has 9 heteroatoms. The highest BCUT2D eigenvalue weighted by atomic mass is 32.2. The predicted octanol–water partition coefficient (Wildman–Crippen LogP) is 2.17. The molecule has 0 N–H and O–H groups in total. The normalized spacial score (nSPS) is 15.9. The fourth-order valence-corrected chi connectivity index (χ4v) is 3.99. The highest BCUT2D eigenvalue weighted by molar-refractivity contribution is 7.89. The van der Waals surface area contributed by atoms with Crippen LogP contribution in [-0.2, 0) is 14.9 Å². The van der Waals surface area contributed by atoms with Crippen LogP contribution in [0.3, 0.4) is 0 Å². The Morgan fingerprint density at radius 1 is 1.17 bits per heavy atom. The smallest absolute Gasteiger partial charge is 0.264 e. The lowest BCUT2D eigenvalue weighted by Crippen LogP contribution is -2.43. The summed E-state index contributed by atoms with van der Waals surface area (Å²) < 4.78 is 37.3. The number of para-hydroxylation sites is 2. The summed E-state index contributed by atoms with van der Waals surface area (Å²) in [5.74, 6) is 1.04. The molecule has 0 bridgehead atoms. The average molecular weight is 420 g/mol. The van der Waals surface area contributed by atoms with Crippen LogP contribution < -0.4 is 9.47 Å². The van der Waals surface area contributed by atoms with E-state index in [1.165, 1.54) is 32.4 Å². The van der Waals surface area contributed by atoms with Crippen LogP contribution in [0.2, 0.25) is 0 Å². The van der Waals surface area contributed by atoms with Gasteiger partial charge in [-0.05, 0) is 37.3 Å². The second kappa shape index (κ2) is 8.81. The molecule has 2 aromatic rings. The van der Waals surface area contributed by atoms with Gasteiger partial charge in [-0.3, -0.25) is 9.63 Å². The van der Waals surface area contributed by atoms with Gasteiger partial charge in [-0.1, -0.05) is 22.7 Å². The number of hydrogen-bond acceptors (Lipinski definition) is 6. The fraction of sp³-hybridized carbons (Fsp3) is 0.350. The molecule has 0 aromatic heterocycles. The van der Waals surface area contributed by atoms with Gasteiger partial charge in [0, 0.05) is 19.2 Å². The number of amides is 1. The molecule has 0 aliphatic carbocycles. The summed E-state index contributed by atoms with van der Waals surface area (Å²) in [6.07, 6.45) is -0.319. The van der Waals surface area contributed by atoms with Gasteiger partial charge in [0.1, 0.15) is 6.61 Å². The van der Waals surface area contributed by atoms with Crippen molar-refractivity contribution >= 4 is 15.9 Å². The summed E-state index contributed by atoms with van der Waals surface area (Å²) in [5, 5.41) is 0. The highest BCUT2D eigenvalue weighted by Crippen LogP contribution is 2.31. The summed E-state index contributed by atoms with van der Waals surface area (Å²) in [4.78, 5) is 19.4. The third kappa shape index (κ3) is 4.52. The van der Waals surface area contributed by atoms with Crippen LogP contribution in [0.15, 0.2) is 53.4 Å². The van der Waals surface area contributed by atoms with E-state index in [9.17, 15) is 13.2 Å². The van der Waals surface area contributed by atoms with Gasteiger partial charge in [-0.2, -0.15) is 0 Å². The maximum atomic E-state index is 13.0. The number of fused-ring (bicyclic) bond motifs is 1. The van der Waals surface area contributed by atoms with Gasteiger partial charge in [-0.25, -0.2) is 8.42 Å². The van der Waals surface area contributed by atoms with Crippen LogP contribution in [0, 0.1) is 0 Å². The van der Waals surface area contributed by atoms with E-state index < -0.39 is 10.0 Å². The van der Waals surface area contributed by atoms with Gasteiger partial charge in [-0.15, -0.1) is 0 Å². The summed E-state index contributed by atoms with van der Waals surface area (Å²) in [6, 6.07) is 13.3. The number of carbonyl (C=O) groups is 1. The Balaban J connectivity index is 1.76. The van der Waals surface area contributed by atoms with Gasteiger partial charge in [0.25, 0.3) is 15.9 Å². The van der Waals surface area contributed by atoms with Crippen LogP contribution in [0.5, 0.6) is 11.5 Å². The molecule has 0 saturated carbocycles. The number of ether oxygens (including phenoxy) is 2. The first-order valence-electron chi connectivity index (χ1n) is 9.17. The average Bonchev–Trinajstić information content (AvgIpc) is 2.76. The Morgan fingerprint density at radius 2 is 1.90 bits per heavy atom. The maximum Gasteiger partial charge on any atom is 0.264 e. The Kier molecular flexibility index (Phi) is 6.41. The van der Waals surface area contributed by atoms with Gasteiger partial charge >= 0.3 is 0 Å².